The van der Waals surface area contributed by atoms with Gasteiger partial charge >= 0.3 is 0 Å². The quantitative estimate of drug-likeness (QED) is 0.830. The molecule has 0 radical (unpaired) electrons. The summed E-state index contributed by atoms with van der Waals surface area (Å²) in [6.45, 7) is 3.99. The van der Waals surface area contributed by atoms with Crippen LogP contribution in [0.4, 0.5) is 5.82 Å². The first-order valence-corrected chi connectivity index (χ1v) is 9.53. The van der Waals surface area contributed by atoms with Crippen LogP contribution < -0.4 is 5.32 Å². The van der Waals surface area contributed by atoms with Gasteiger partial charge in [0.2, 0.25) is 5.91 Å². The number of nitrogens with zero attached hydrogens (tertiary/aromatic N) is 4. The van der Waals surface area contributed by atoms with Crippen molar-refractivity contribution in [1.82, 2.24) is 14.1 Å². The van der Waals surface area contributed by atoms with Crippen LogP contribution in [0.25, 0.3) is 0 Å². The fraction of sp³-hybridized carbons (Fsp3) is 0.500. The smallest absolute Gasteiger partial charge is 0.235 e. The first-order valence-electron chi connectivity index (χ1n) is 8.54. The van der Waals surface area contributed by atoms with Gasteiger partial charge in [-0.25, -0.2) is 4.98 Å². The normalized spacial score (nSPS) is 14.6. The number of amides is 1. The average molecular weight is 357 g/mol. The maximum Gasteiger partial charge on any atom is 0.235 e. The highest BCUT2D eigenvalue weighted by atomic mass is 32.2. The molecule has 2 aromatic rings. The van der Waals surface area contributed by atoms with Gasteiger partial charge in [0.25, 0.3) is 0 Å². The number of hydrogen-bond acceptors (Lipinski definition) is 4. The number of anilines is 1. The molecule has 1 saturated carbocycles. The van der Waals surface area contributed by atoms with E-state index in [2.05, 4.69) is 20.9 Å². The summed E-state index contributed by atoms with van der Waals surface area (Å²) in [5.41, 5.74) is 2.62. The lowest BCUT2D eigenvalue weighted by Crippen LogP contribution is -2.20. The van der Waals surface area contributed by atoms with Gasteiger partial charge in [-0.2, -0.15) is 5.26 Å². The molecule has 1 aliphatic rings. The minimum absolute atomic E-state index is 0.110. The molecule has 1 amide bonds. The summed E-state index contributed by atoms with van der Waals surface area (Å²) >= 11 is 1.39. The van der Waals surface area contributed by atoms with Crippen molar-refractivity contribution in [3.63, 3.8) is 0 Å². The van der Waals surface area contributed by atoms with Crippen molar-refractivity contribution in [3.05, 3.63) is 29.2 Å². The number of rotatable bonds is 5. The van der Waals surface area contributed by atoms with E-state index in [0.29, 0.717) is 17.4 Å². The molecule has 2 aromatic heterocycles. The van der Waals surface area contributed by atoms with Gasteiger partial charge in [-0.05, 0) is 32.3 Å². The molecule has 0 aromatic carbocycles. The molecule has 6 nitrogen and oxygen atoms in total. The van der Waals surface area contributed by atoms with E-state index >= 15 is 0 Å². The molecular formula is C18H23N5OS. The molecule has 0 bridgehead atoms. The first-order chi connectivity index (χ1) is 12.0. The van der Waals surface area contributed by atoms with Gasteiger partial charge in [-0.15, -0.1) is 0 Å². The molecule has 0 unspecified atom stereocenters. The minimum Gasteiger partial charge on any atom is -0.329 e. The Morgan fingerprint density at radius 3 is 2.76 bits per heavy atom. The molecule has 1 fully saturated rings. The topological polar surface area (TPSA) is 75.6 Å². The molecular weight excluding hydrogens is 334 g/mol. The highest BCUT2D eigenvalue weighted by Gasteiger charge is 2.26. The van der Waals surface area contributed by atoms with E-state index in [1.165, 1.54) is 24.6 Å². The molecule has 0 aliphatic heterocycles. The maximum absolute atomic E-state index is 12.5. The SMILES string of the molecule is Cc1c(C#N)c(NC(=O)CSc2nccn2C)n(C2CCCC2)c1C. The van der Waals surface area contributed by atoms with Crippen molar-refractivity contribution in [3.8, 4) is 6.07 Å². The van der Waals surface area contributed by atoms with Crippen LogP contribution in [-0.2, 0) is 11.8 Å². The summed E-state index contributed by atoms with van der Waals surface area (Å²) in [6, 6.07) is 2.65. The third-order valence-corrected chi connectivity index (χ3v) is 5.98. The summed E-state index contributed by atoms with van der Waals surface area (Å²) in [6.07, 6.45) is 8.17. The van der Waals surface area contributed by atoms with E-state index in [1.54, 1.807) is 6.20 Å². The molecule has 0 saturated heterocycles. The number of carbonyl (C=O) groups excluding carboxylic acids is 1. The summed E-state index contributed by atoms with van der Waals surface area (Å²) in [7, 11) is 1.90. The van der Waals surface area contributed by atoms with E-state index in [1.807, 2.05) is 31.7 Å². The third-order valence-electron chi connectivity index (χ3n) is 4.93. The number of thioether (sulfide) groups is 1. The second-order valence-corrected chi connectivity index (χ2v) is 7.45. The molecule has 0 spiro atoms. The number of carbonyl (C=O) groups is 1. The van der Waals surface area contributed by atoms with Gasteiger partial charge in [0.15, 0.2) is 5.16 Å². The molecule has 1 N–H and O–H groups in total. The van der Waals surface area contributed by atoms with Gasteiger partial charge in [-0.3, -0.25) is 4.79 Å². The molecule has 132 valence electrons. The predicted molar refractivity (Wildman–Crippen MR) is 98.7 cm³/mol. The number of nitrogens with one attached hydrogen (secondary N) is 1. The van der Waals surface area contributed by atoms with Crippen LogP contribution in [0.15, 0.2) is 17.6 Å². The molecule has 2 heterocycles. The number of aromatic nitrogens is 3. The van der Waals surface area contributed by atoms with Crippen molar-refractivity contribution < 1.29 is 4.79 Å². The van der Waals surface area contributed by atoms with E-state index in [4.69, 9.17) is 0 Å². The van der Waals surface area contributed by atoms with Gasteiger partial charge in [-0.1, -0.05) is 24.6 Å². The Kier molecular flexibility index (Phi) is 5.19. The average Bonchev–Trinajstić information content (AvgIpc) is 3.29. The molecule has 7 heteroatoms. The van der Waals surface area contributed by atoms with Crippen LogP contribution in [0, 0.1) is 25.2 Å². The van der Waals surface area contributed by atoms with Gasteiger partial charge in [0, 0.05) is 31.2 Å². The standard InChI is InChI=1S/C18H23N5OS/c1-12-13(2)23(14-6-4-5-7-14)17(15(12)10-19)21-16(24)11-25-18-20-8-9-22(18)3/h8-9,14H,4-7,11H2,1-3H3,(H,21,24). The maximum atomic E-state index is 12.5. The molecule has 0 atom stereocenters. The van der Waals surface area contributed by atoms with Crippen LogP contribution in [0.1, 0.15) is 48.5 Å². The first kappa shape index (κ1) is 17.6. The largest absolute Gasteiger partial charge is 0.329 e. The Balaban J connectivity index is 1.81. The van der Waals surface area contributed by atoms with Gasteiger partial charge < -0.3 is 14.5 Å². The van der Waals surface area contributed by atoms with E-state index in [9.17, 15) is 10.1 Å². The Labute approximate surface area is 152 Å². The molecule has 25 heavy (non-hydrogen) atoms. The van der Waals surface area contributed by atoms with E-state index < -0.39 is 0 Å². The zero-order chi connectivity index (χ0) is 18.0. The van der Waals surface area contributed by atoms with Crippen LogP contribution in [0.5, 0.6) is 0 Å². The lowest BCUT2D eigenvalue weighted by atomic mass is 10.2. The zero-order valence-corrected chi connectivity index (χ0v) is 15.7. The number of imidazole rings is 1. The van der Waals surface area contributed by atoms with Crippen molar-refractivity contribution in [1.29, 1.82) is 5.26 Å². The monoisotopic (exact) mass is 357 g/mol. The third kappa shape index (κ3) is 3.45. The second-order valence-electron chi connectivity index (χ2n) is 6.51. The van der Waals surface area contributed by atoms with Gasteiger partial charge in [0.05, 0.1) is 11.3 Å². The number of nitriles is 1. The molecule has 3 rings (SSSR count). The summed E-state index contributed by atoms with van der Waals surface area (Å²) < 4.78 is 4.05. The highest BCUT2D eigenvalue weighted by molar-refractivity contribution is 7.99. The summed E-state index contributed by atoms with van der Waals surface area (Å²) in [4.78, 5) is 16.7. The van der Waals surface area contributed by atoms with Gasteiger partial charge in [0.1, 0.15) is 11.9 Å². The Bertz CT molecular complexity index is 823. The van der Waals surface area contributed by atoms with Crippen LogP contribution in [0.3, 0.4) is 0 Å². The Hall–Kier alpha value is -2.20. The Morgan fingerprint density at radius 1 is 1.44 bits per heavy atom. The fourth-order valence-electron chi connectivity index (χ4n) is 3.50. The van der Waals surface area contributed by atoms with Crippen molar-refractivity contribution in [2.24, 2.45) is 7.05 Å². The van der Waals surface area contributed by atoms with E-state index in [0.717, 1.165) is 29.3 Å². The summed E-state index contributed by atoms with van der Waals surface area (Å²) in [5.74, 6) is 0.819. The number of hydrogen-bond donors (Lipinski definition) is 1. The zero-order valence-electron chi connectivity index (χ0n) is 14.9. The highest BCUT2D eigenvalue weighted by Crippen LogP contribution is 2.37. The lowest BCUT2D eigenvalue weighted by molar-refractivity contribution is -0.113. The Morgan fingerprint density at radius 2 is 2.16 bits per heavy atom. The lowest BCUT2D eigenvalue weighted by Gasteiger charge is -2.19. The minimum atomic E-state index is -0.110. The second kappa shape index (κ2) is 7.36. The predicted octanol–water partition coefficient (Wildman–Crippen LogP) is 3.56. The van der Waals surface area contributed by atoms with Crippen LogP contribution >= 0.6 is 11.8 Å². The van der Waals surface area contributed by atoms with Crippen molar-refractivity contribution in [2.45, 2.75) is 50.7 Å². The van der Waals surface area contributed by atoms with Crippen molar-refractivity contribution in [2.75, 3.05) is 11.1 Å². The van der Waals surface area contributed by atoms with Crippen molar-refractivity contribution >= 4 is 23.5 Å². The molecule has 1 aliphatic carbocycles. The van der Waals surface area contributed by atoms with Crippen LogP contribution in [0.2, 0.25) is 0 Å². The number of aryl methyl sites for hydroxylation is 1. The van der Waals surface area contributed by atoms with E-state index in [-0.39, 0.29) is 11.7 Å². The van der Waals surface area contributed by atoms with Crippen LogP contribution in [-0.4, -0.2) is 25.8 Å². The summed E-state index contributed by atoms with van der Waals surface area (Å²) in [5, 5.41) is 13.4. The fourth-order valence-corrected chi connectivity index (χ4v) is 4.23.